The first-order valence-corrected chi connectivity index (χ1v) is 6.92. The number of rotatable bonds is 4. The Balaban J connectivity index is 1.88. The van der Waals surface area contributed by atoms with Crippen LogP contribution in [0.1, 0.15) is 45.4 Å². The van der Waals surface area contributed by atoms with E-state index in [-0.39, 0.29) is 0 Å². The first-order chi connectivity index (χ1) is 7.85. The Hall–Kier alpha value is -0.120. The van der Waals surface area contributed by atoms with Crippen molar-refractivity contribution in [2.45, 2.75) is 63.6 Å². The molecule has 3 unspecified atom stereocenters. The van der Waals surface area contributed by atoms with E-state index in [2.05, 4.69) is 11.8 Å². The summed E-state index contributed by atoms with van der Waals surface area (Å²) in [6.45, 7) is 5.27. The topological polar surface area (TPSA) is 38.5 Å². The molecule has 0 aromatic carbocycles. The minimum Gasteiger partial charge on any atom is -0.378 e. The Bertz CT molecular complexity index is 208. The minimum atomic E-state index is 0.503. The van der Waals surface area contributed by atoms with E-state index in [0.717, 1.165) is 19.2 Å². The molecule has 3 nitrogen and oxygen atoms in total. The van der Waals surface area contributed by atoms with Gasteiger partial charge in [0.1, 0.15) is 0 Å². The smallest absolute Gasteiger partial charge is 0.0590 e. The Kier molecular flexibility index (Phi) is 4.62. The number of hydrogen-bond donors (Lipinski definition) is 1. The molecule has 3 atom stereocenters. The molecule has 0 aromatic heterocycles. The van der Waals surface area contributed by atoms with Gasteiger partial charge >= 0.3 is 0 Å². The lowest BCUT2D eigenvalue weighted by molar-refractivity contribution is -0.0327. The highest BCUT2D eigenvalue weighted by Crippen LogP contribution is 2.28. The molecule has 0 bridgehead atoms. The first kappa shape index (κ1) is 12.3. The zero-order chi connectivity index (χ0) is 11.4. The van der Waals surface area contributed by atoms with Gasteiger partial charge in [0, 0.05) is 25.2 Å². The van der Waals surface area contributed by atoms with E-state index in [0.29, 0.717) is 12.1 Å². The number of nitrogens with zero attached hydrogens (tertiary/aromatic N) is 1. The van der Waals surface area contributed by atoms with Crippen LogP contribution in [-0.2, 0) is 4.74 Å². The zero-order valence-electron chi connectivity index (χ0n) is 10.5. The van der Waals surface area contributed by atoms with Crippen molar-refractivity contribution in [1.82, 2.24) is 4.90 Å². The highest BCUT2D eigenvalue weighted by atomic mass is 16.5. The van der Waals surface area contributed by atoms with Crippen molar-refractivity contribution >= 4 is 0 Å². The Morgan fingerprint density at radius 2 is 2.25 bits per heavy atom. The first-order valence-electron chi connectivity index (χ1n) is 6.92. The summed E-state index contributed by atoms with van der Waals surface area (Å²) in [4.78, 5) is 2.66. The van der Waals surface area contributed by atoms with E-state index in [1.54, 1.807) is 0 Å². The van der Waals surface area contributed by atoms with Gasteiger partial charge in [-0.2, -0.15) is 0 Å². The molecule has 0 amide bonds. The summed E-state index contributed by atoms with van der Waals surface area (Å²) in [7, 11) is 0. The average molecular weight is 226 g/mol. The molecule has 2 aliphatic rings. The van der Waals surface area contributed by atoms with Crippen LogP contribution in [0.2, 0.25) is 0 Å². The molecule has 16 heavy (non-hydrogen) atoms. The average Bonchev–Trinajstić information content (AvgIpc) is 2.78. The normalized spacial score (nSPS) is 36.8. The highest BCUT2D eigenvalue weighted by Gasteiger charge is 2.33. The molecule has 3 heteroatoms. The van der Waals surface area contributed by atoms with Crippen molar-refractivity contribution in [2.75, 3.05) is 19.7 Å². The molecular weight excluding hydrogens is 200 g/mol. The molecular formula is C13H26N2O. The van der Waals surface area contributed by atoms with Crippen LogP contribution in [0.4, 0.5) is 0 Å². The second kappa shape index (κ2) is 5.99. The fourth-order valence-electron chi connectivity index (χ4n) is 3.28. The number of nitrogens with two attached hydrogens (primary N) is 1. The van der Waals surface area contributed by atoms with Crippen molar-refractivity contribution in [2.24, 2.45) is 5.73 Å². The summed E-state index contributed by atoms with van der Waals surface area (Å²) >= 11 is 0. The number of hydrogen-bond acceptors (Lipinski definition) is 3. The minimum absolute atomic E-state index is 0.503. The summed E-state index contributed by atoms with van der Waals surface area (Å²) in [5, 5.41) is 0. The van der Waals surface area contributed by atoms with Crippen LogP contribution in [0.25, 0.3) is 0 Å². The monoisotopic (exact) mass is 226 g/mol. The van der Waals surface area contributed by atoms with Gasteiger partial charge in [0.05, 0.1) is 6.10 Å². The van der Waals surface area contributed by atoms with Gasteiger partial charge in [-0.1, -0.05) is 13.3 Å². The molecule has 2 heterocycles. The van der Waals surface area contributed by atoms with Crippen LogP contribution in [0, 0.1) is 0 Å². The summed E-state index contributed by atoms with van der Waals surface area (Å²) in [5.74, 6) is 0. The molecule has 0 aliphatic carbocycles. The van der Waals surface area contributed by atoms with Crippen LogP contribution in [0.3, 0.4) is 0 Å². The SMILES string of the molecule is CCCC1CC(N2CCCC2CN)CCO1. The zero-order valence-corrected chi connectivity index (χ0v) is 10.5. The van der Waals surface area contributed by atoms with Crippen molar-refractivity contribution < 1.29 is 4.74 Å². The van der Waals surface area contributed by atoms with Crippen molar-refractivity contribution in [3.63, 3.8) is 0 Å². The molecule has 2 rings (SSSR count). The number of ether oxygens (including phenoxy) is 1. The number of likely N-dealkylation sites (tertiary alicyclic amines) is 1. The fourth-order valence-corrected chi connectivity index (χ4v) is 3.28. The summed E-state index contributed by atoms with van der Waals surface area (Å²) in [6.07, 6.45) is 8.02. The van der Waals surface area contributed by atoms with Gasteiger partial charge in [-0.15, -0.1) is 0 Å². The van der Waals surface area contributed by atoms with Crippen molar-refractivity contribution in [1.29, 1.82) is 0 Å². The van der Waals surface area contributed by atoms with E-state index in [1.807, 2.05) is 0 Å². The maximum atomic E-state index is 5.85. The molecule has 0 radical (unpaired) electrons. The highest BCUT2D eigenvalue weighted by molar-refractivity contribution is 4.88. The van der Waals surface area contributed by atoms with Gasteiger partial charge in [-0.25, -0.2) is 0 Å². The molecule has 0 saturated carbocycles. The third-order valence-corrected chi connectivity index (χ3v) is 4.11. The maximum Gasteiger partial charge on any atom is 0.0590 e. The standard InChI is InChI=1S/C13H26N2O/c1-2-4-13-9-11(6-8-16-13)15-7-3-5-12(15)10-14/h11-13H,2-10,14H2,1H3. The predicted molar refractivity (Wildman–Crippen MR) is 66.5 cm³/mol. The van der Waals surface area contributed by atoms with Gasteiger partial charge in [-0.3, -0.25) is 4.90 Å². The quantitative estimate of drug-likeness (QED) is 0.794. The Morgan fingerprint density at radius 1 is 1.38 bits per heavy atom. The molecule has 2 aliphatic heterocycles. The fraction of sp³-hybridized carbons (Fsp3) is 1.00. The van der Waals surface area contributed by atoms with Crippen molar-refractivity contribution in [3.05, 3.63) is 0 Å². The van der Waals surface area contributed by atoms with Crippen LogP contribution < -0.4 is 5.73 Å². The van der Waals surface area contributed by atoms with Crippen LogP contribution in [0.5, 0.6) is 0 Å². The Morgan fingerprint density at radius 3 is 3.00 bits per heavy atom. The van der Waals surface area contributed by atoms with E-state index in [9.17, 15) is 0 Å². The van der Waals surface area contributed by atoms with E-state index in [1.165, 1.54) is 45.1 Å². The van der Waals surface area contributed by atoms with Gasteiger partial charge in [-0.05, 0) is 38.6 Å². The maximum absolute atomic E-state index is 5.85. The molecule has 2 N–H and O–H groups in total. The lowest BCUT2D eigenvalue weighted by Crippen LogP contribution is -2.47. The van der Waals surface area contributed by atoms with Crippen LogP contribution >= 0.6 is 0 Å². The van der Waals surface area contributed by atoms with E-state index >= 15 is 0 Å². The van der Waals surface area contributed by atoms with Crippen LogP contribution in [-0.4, -0.2) is 42.8 Å². The Labute approximate surface area is 99.3 Å². The van der Waals surface area contributed by atoms with E-state index in [4.69, 9.17) is 10.5 Å². The van der Waals surface area contributed by atoms with E-state index < -0.39 is 0 Å². The van der Waals surface area contributed by atoms with Gasteiger partial charge < -0.3 is 10.5 Å². The molecule has 0 spiro atoms. The predicted octanol–water partition coefficient (Wildman–Crippen LogP) is 1.76. The van der Waals surface area contributed by atoms with Gasteiger partial charge in [0.15, 0.2) is 0 Å². The summed E-state index contributed by atoms with van der Waals surface area (Å²) in [6, 6.07) is 1.38. The second-order valence-electron chi connectivity index (χ2n) is 5.23. The lowest BCUT2D eigenvalue weighted by atomic mass is 9.98. The molecule has 2 fully saturated rings. The largest absolute Gasteiger partial charge is 0.378 e. The summed E-state index contributed by atoms with van der Waals surface area (Å²) < 4.78 is 5.82. The molecule has 94 valence electrons. The van der Waals surface area contributed by atoms with Crippen molar-refractivity contribution in [3.8, 4) is 0 Å². The van der Waals surface area contributed by atoms with Gasteiger partial charge in [0.2, 0.25) is 0 Å². The van der Waals surface area contributed by atoms with Gasteiger partial charge in [0.25, 0.3) is 0 Å². The molecule has 2 saturated heterocycles. The molecule has 0 aromatic rings. The third-order valence-electron chi connectivity index (χ3n) is 4.11. The summed E-state index contributed by atoms with van der Waals surface area (Å²) in [5.41, 5.74) is 5.85. The van der Waals surface area contributed by atoms with Crippen LogP contribution in [0.15, 0.2) is 0 Å². The second-order valence-corrected chi connectivity index (χ2v) is 5.23. The third kappa shape index (κ3) is 2.76. The lowest BCUT2D eigenvalue weighted by Gasteiger charge is -2.38.